The number of hydrogen-bond acceptors (Lipinski definition) is 3. The molecule has 0 aliphatic carbocycles. The number of nitrogens with one attached hydrogen (secondary N) is 1. The average Bonchev–Trinajstić information content (AvgIpc) is 2.64. The van der Waals surface area contributed by atoms with Gasteiger partial charge in [0, 0.05) is 5.02 Å². The van der Waals surface area contributed by atoms with Gasteiger partial charge in [-0.25, -0.2) is 5.43 Å². The van der Waals surface area contributed by atoms with Crippen LogP contribution in [0, 0.1) is 0 Å². The fourth-order valence-corrected chi connectivity index (χ4v) is 2.80. The minimum absolute atomic E-state index is 0.179. The molecule has 0 fully saturated rings. The number of carbonyl (C=O) groups excluding carboxylic acids is 1. The van der Waals surface area contributed by atoms with Gasteiger partial charge in [-0.05, 0) is 36.6 Å². The van der Waals surface area contributed by atoms with Gasteiger partial charge in [-0.2, -0.15) is 5.10 Å². The summed E-state index contributed by atoms with van der Waals surface area (Å²) in [5.74, 6) is 0.0568. The van der Waals surface area contributed by atoms with Crippen molar-refractivity contribution in [3.05, 3.63) is 64.1 Å². The number of benzene rings is 2. The lowest BCUT2D eigenvalue weighted by atomic mass is 10.0. The summed E-state index contributed by atoms with van der Waals surface area (Å²) in [6.07, 6.45) is 4.08. The van der Waals surface area contributed by atoms with Gasteiger partial charge in [0.2, 0.25) is 0 Å². The van der Waals surface area contributed by atoms with Gasteiger partial charge in [0.25, 0.3) is 5.91 Å². The van der Waals surface area contributed by atoms with Crippen molar-refractivity contribution in [2.24, 2.45) is 5.10 Å². The molecule has 2 aromatic carbocycles. The molecule has 0 saturated heterocycles. The highest BCUT2D eigenvalue weighted by atomic mass is 35.5. The minimum atomic E-state index is -0.347. The van der Waals surface area contributed by atoms with Gasteiger partial charge in [0.15, 0.2) is 6.61 Å². The van der Waals surface area contributed by atoms with Crippen LogP contribution in [0.2, 0.25) is 10.0 Å². The van der Waals surface area contributed by atoms with Crippen molar-refractivity contribution < 1.29 is 9.53 Å². The van der Waals surface area contributed by atoms with Crippen LogP contribution >= 0.6 is 23.2 Å². The van der Waals surface area contributed by atoms with E-state index in [0.29, 0.717) is 15.8 Å². The Morgan fingerprint density at radius 2 is 1.88 bits per heavy atom. The zero-order valence-electron chi connectivity index (χ0n) is 14.7. The van der Waals surface area contributed by atoms with E-state index in [0.717, 1.165) is 37.0 Å². The quantitative estimate of drug-likeness (QED) is 0.349. The molecule has 138 valence electrons. The topological polar surface area (TPSA) is 50.7 Å². The van der Waals surface area contributed by atoms with Gasteiger partial charge in [-0.1, -0.05) is 73.3 Å². The van der Waals surface area contributed by atoms with Crippen molar-refractivity contribution in [2.45, 2.75) is 32.6 Å². The lowest BCUT2D eigenvalue weighted by Crippen LogP contribution is -2.26. The van der Waals surface area contributed by atoms with Crippen LogP contribution in [0.4, 0.5) is 0 Å². The Hall–Kier alpha value is -2.04. The molecule has 0 aliphatic rings. The molecular weight excluding hydrogens is 371 g/mol. The first-order chi connectivity index (χ1) is 12.6. The maximum atomic E-state index is 12.0. The molecule has 4 nitrogen and oxygen atoms in total. The Bertz CT molecular complexity index is 749. The first kappa shape index (κ1) is 20.3. The number of amides is 1. The van der Waals surface area contributed by atoms with Crippen LogP contribution < -0.4 is 10.2 Å². The van der Waals surface area contributed by atoms with Crippen molar-refractivity contribution >= 4 is 34.8 Å². The van der Waals surface area contributed by atoms with Gasteiger partial charge >= 0.3 is 0 Å². The Balaban J connectivity index is 1.95. The van der Waals surface area contributed by atoms with Crippen LogP contribution in [0.5, 0.6) is 5.75 Å². The fourth-order valence-electron chi connectivity index (χ4n) is 2.34. The third kappa shape index (κ3) is 6.70. The molecule has 0 saturated carbocycles. The number of ether oxygens (including phenoxy) is 1. The maximum absolute atomic E-state index is 12.0. The lowest BCUT2D eigenvalue weighted by Gasteiger charge is -2.09. The van der Waals surface area contributed by atoms with Crippen LogP contribution in [0.1, 0.15) is 38.2 Å². The number of unbranched alkanes of at least 4 members (excludes halogenated alkanes) is 2. The van der Waals surface area contributed by atoms with E-state index in [1.807, 2.05) is 30.3 Å². The summed E-state index contributed by atoms with van der Waals surface area (Å²) in [6, 6.07) is 14.7. The predicted octanol–water partition coefficient (Wildman–Crippen LogP) is 5.47. The van der Waals surface area contributed by atoms with E-state index >= 15 is 0 Å². The van der Waals surface area contributed by atoms with Crippen molar-refractivity contribution in [3.63, 3.8) is 0 Å². The van der Waals surface area contributed by atoms with Crippen LogP contribution in [0.3, 0.4) is 0 Å². The largest absolute Gasteiger partial charge is 0.482 e. The zero-order valence-corrected chi connectivity index (χ0v) is 16.2. The molecule has 1 N–H and O–H groups in total. The summed E-state index contributed by atoms with van der Waals surface area (Å²) >= 11 is 11.9. The minimum Gasteiger partial charge on any atom is -0.482 e. The van der Waals surface area contributed by atoms with Crippen molar-refractivity contribution in [1.29, 1.82) is 0 Å². The number of rotatable bonds is 9. The third-order valence-electron chi connectivity index (χ3n) is 3.69. The molecule has 0 aliphatic heterocycles. The Labute approximate surface area is 164 Å². The normalized spacial score (nSPS) is 11.3. The van der Waals surface area contributed by atoms with Gasteiger partial charge < -0.3 is 4.74 Å². The Kier molecular flexibility index (Phi) is 8.45. The van der Waals surface area contributed by atoms with Gasteiger partial charge in [0.05, 0.1) is 10.7 Å². The van der Waals surface area contributed by atoms with E-state index in [4.69, 9.17) is 27.9 Å². The monoisotopic (exact) mass is 392 g/mol. The zero-order chi connectivity index (χ0) is 18.8. The number of halogens is 2. The second kappa shape index (κ2) is 10.8. The predicted molar refractivity (Wildman–Crippen MR) is 107 cm³/mol. The van der Waals surface area contributed by atoms with Crippen LogP contribution in [-0.2, 0) is 4.79 Å². The summed E-state index contributed by atoms with van der Waals surface area (Å²) < 4.78 is 5.42. The Morgan fingerprint density at radius 1 is 1.12 bits per heavy atom. The van der Waals surface area contributed by atoms with Gasteiger partial charge in [-0.3, -0.25) is 4.79 Å². The maximum Gasteiger partial charge on any atom is 0.277 e. The van der Waals surface area contributed by atoms with Gasteiger partial charge in [-0.15, -0.1) is 0 Å². The van der Waals surface area contributed by atoms with Crippen molar-refractivity contribution in [2.75, 3.05) is 6.61 Å². The smallest absolute Gasteiger partial charge is 0.277 e. The van der Waals surface area contributed by atoms with E-state index in [1.165, 1.54) is 0 Å². The molecule has 26 heavy (non-hydrogen) atoms. The van der Waals surface area contributed by atoms with E-state index < -0.39 is 0 Å². The molecule has 0 heterocycles. The molecule has 0 radical (unpaired) electrons. The first-order valence-electron chi connectivity index (χ1n) is 8.59. The fraction of sp³-hybridized carbons (Fsp3) is 0.300. The molecule has 2 rings (SSSR count). The van der Waals surface area contributed by atoms with E-state index in [-0.39, 0.29) is 12.5 Å². The first-order valence-corrected chi connectivity index (χ1v) is 9.34. The molecule has 0 spiro atoms. The average molecular weight is 393 g/mol. The molecule has 6 heteroatoms. The molecular formula is C20H22Cl2N2O2. The van der Waals surface area contributed by atoms with E-state index in [1.54, 1.807) is 18.2 Å². The van der Waals surface area contributed by atoms with Crippen molar-refractivity contribution in [1.82, 2.24) is 5.43 Å². The molecule has 2 aromatic rings. The van der Waals surface area contributed by atoms with Crippen LogP contribution in [0.25, 0.3) is 0 Å². The number of hydrazone groups is 1. The van der Waals surface area contributed by atoms with Gasteiger partial charge in [0.1, 0.15) is 5.75 Å². The third-order valence-corrected chi connectivity index (χ3v) is 4.22. The highest BCUT2D eigenvalue weighted by Gasteiger charge is 2.08. The number of carbonyl (C=O) groups is 1. The lowest BCUT2D eigenvalue weighted by molar-refractivity contribution is -0.123. The molecule has 0 unspecified atom stereocenters. The second-order valence-electron chi connectivity index (χ2n) is 5.78. The molecule has 0 atom stereocenters. The van der Waals surface area contributed by atoms with E-state index in [9.17, 15) is 4.79 Å². The standard InChI is InChI=1S/C20H22Cl2N2O2/c1-2-3-5-10-18(15-8-6-4-7-9-15)23-24-20(25)14-26-19-12-11-16(21)13-17(19)22/h4,6-9,11-13H,2-3,5,10,14H2,1H3,(H,24,25)/b23-18+. The summed E-state index contributed by atoms with van der Waals surface area (Å²) in [4.78, 5) is 12.0. The van der Waals surface area contributed by atoms with Crippen LogP contribution in [0.15, 0.2) is 53.6 Å². The summed E-state index contributed by atoms with van der Waals surface area (Å²) in [5.41, 5.74) is 4.43. The summed E-state index contributed by atoms with van der Waals surface area (Å²) in [7, 11) is 0. The molecule has 0 aromatic heterocycles. The molecule has 1 amide bonds. The second-order valence-corrected chi connectivity index (χ2v) is 6.62. The number of hydrogen-bond donors (Lipinski definition) is 1. The van der Waals surface area contributed by atoms with E-state index in [2.05, 4.69) is 17.5 Å². The number of nitrogens with zero attached hydrogens (tertiary/aromatic N) is 1. The molecule has 0 bridgehead atoms. The van der Waals surface area contributed by atoms with Crippen LogP contribution in [-0.4, -0.2) is 18.2 Å². The highest BCUT2D eigenvalue weighted by Crippen LogP contribution is 2.27. The SMILES string of the molecule is CCCCC/C(=N\NC(=O)COc1ccc(Cl)cc1Cl)c1ccccc1. The Morgan fingerprint density at radius 3 is 2.58 bits per heavy atom. The summed E-state index contributed by atoms with van der Waals surface area (Å²) in [5, 5.41) is 5.17. The highest BCUT2D eigenvalue weighted by molar-refractivity contribution is 6.35. The summed E-state index contributed by atoms with van der Waals surface area (Å²) in [6.45, 7) is 1.97. The van der Waals surface area contributed by atoms with Crippen molar-refractivity contribution in [3.8, 4) is 5.75 Å².